The van der Waals surface area contributed by atoms with Crippen LogP contribution in [0, 0.1) is 0 Å². The van der Waals surface area contributed by atoms with Crippen molar-refractivity contribution in [2.24, 2.45) is 0 Å². The van der Waals surface area contributed by atoms with Gasteiger partial charge in [0, 0.05) is 0 Å². The van der Waals surface area contributed by atoms with E-state index in [1.165, 1.54) is 6.07 Å². The summed E-state index contributed by atoms with van der Waals surface area (Å²) < 4.78 is 46.8. The van der Waals surface area contributed by atoms with E-state index in [2.05, 4.69) is 4.74 Å². The van der Waals surface area contributed by atoms with Gasteiger partial charge in [-0.1, -0.05) is 0 Å². The number of phenols is 1. The van der Waals surface area contributed by atoms with Gasteiger partial charge in [-0.25, -0.2) is 0 Å². The number of rotatable bonds is 1. The van der Waals surface area contributed by atoms with Gasteiger partial charge in [0.05, 0.1) is 5.75 Å². The van der Waals surface area contributed by atoms with Gasteiger partial charge in [0.1, 0.15) is 5.75 Å². The van der Waals surface area contributed by atoms with Crippen molar-refractivity contribution in [3.63, 3.8) is 0 Å². The first-order chi connectivity index (χ1) is 6.50. The van der Waals surface area contributed by atoms with Crippen LogP contribution < -0.4 is 66.3 Å². The molecule has 8 heteroatoms. The normalized spacial score (nSPS) is 13.5. The van der Waals surface area contributed by atoms with Crippen molar-refractivity contribution in [2.75, 3.05) is 6.79 Å². The zero-order valence-electron chi connectivity index (χ0n) is 7.84. The van der Waals surface area contributed by atoms with E-state index in [0.717, 1.165) is 6.07 Å². The topological polar surface area (TPSA) is 38.7 Å². The number of fused-ring (bicyclic) bond motifs is 1. The van der Waals surface area contributed by atoms with Gasteiger partial charge in [-0.05, 0) is 17.6 Å². The summed E-state index contributed by atoms with van der Waals surface area (Å²) in [7, 11) is 0. The molecule has 1 aromatic rings. The smallest absolute Gasteiger partial charge is 0.511 e. The fraction of sp³-hybridized carbons (Fsp3) is 0.143. The van der Waals surface area contributed by atoms with Crippen LogP contribution in [0.4, 0.5) is 12.9 Å². The number of halogens is 3. The Morgan fingerprint density at radius 3 is 2.47 bits per heavy atom. The summed E-state index contributed by atoms with van der Waals surface area (Å²) in [6.07, 6.45) is 0. The average Bonchev–Trinajstić information content (AvgIpc) is 2.48. The predicted molar refractivity (Wildman–Crippen MR) is 42.9 cm³/mol. The van der Waals surface area contributed by atoms with E-state index in [9.17, 15) is 12.9 Å². The van der Waals surface area contributed by atoms with Crippen LogP contribution in [0.2, 0.25) is 0 Å². The van der Waals surface area contributed by atoms with Crippen LogP contribution >= 0.6 is 0 Å². The molecular formula is C7H5BF3KO3. The summed E-state index contributed by atoms with van der Waals surface area (Å²) in [6, 6.07) is 2.18. The van der Waals surface area contributed by atoms with Crippen molar-refractivity contribution in [2.45, 2.75) is 0 Å². The monoisotopic (exact) mass is 244 g/mol. The van der Waals surface area contributed by atoms with Gasteiger partial charge in [0.15, 0.2) is 5.75 Å². The Hall–Kier alpha value is 0.111. The minimum Gasteiger partial charge on any atom is -0.511 e. The van der Waals surface area contributed by atoms with Crippen molar-refractivity contribution >= 4 is 12.4 Å². The third-order valence-electron chi connectivity index (χ3n) is 1.88. The minimum atomic E-state index is -5.30. The van der Waals surface area contributed by atoms with Crippen LogP contribution in [0.25, 0.3) is 0 Å². The Labute approximate surface area is 126 Å². The number of phenolic OH excluding ortho intramolecular Hbond substituents is 1. The van der Waals surface area contributed by atoms with Gasteiger partial charge in [-0.15, -0.1) is 0 Å². The summed E-state index contributed by atoms with van der Waals surface area (Å²) in [5.74, 6) is -1.24. The van der Waals surface area contributed by atoms with E-state index >= 15 is 0 Å². The summed E-state index contributed by atoms with van der Waals surface area (Å²) in [5.41, 5.74) is -1.13. The van der Waals surface area contributed by atoms with Crippen LogP contribution in [0.3, 0.4) is 0 Å². The summed E-state index contributed by atoms with van der Waals surface area (Å²) >= 11 is 0. The Morgan fingerprint density at radius 1 is 1.20 bits per heavy atom. The fourth-order valence-corrected chi connectivity index (χ4v) is 1.30. The van der Waals surface area contributed by atoms with Crippen molar-refractivity contribution in [1.29, 1.82) is 0 Å². The van der Waals surface area contributed by atoms with E-state index in [4.69, 9.17) is 9.84 Å². The standard InChI is InChI=1S/C7H5BF3O3.K/c9-8(10,11)6-4(12)1-2-5-7(6)14-3-13-5;/h1-2,12H,3H2;/q-1;+1. The van der Waals surface area contributed by atoms with Crippen LogP contribution in [-0.2, 0) is 0 Å². The molecule has 0 unspecified atom stereocenters. The number of hydrogen-bond donors (Lipinski definition) is 1. The molecule has 0 aromatic heterocycles. The zero-order valence-corrected chi connectivity index (χ0v) is 11.0. The van der Waals surface area contributed by atoms with Crippen LogP contribution in [-0.4, -0.2) is 18.9 Å². The molecule has 0 saturated heterocycles. The second-order valence-electron chi connectivity index (χ2n) is 2.81. The molecule has 0 saturated carbocycles. The maximum atomic E-state index is 12.5. The third kappa shape index (κ3) is 2.44. The summed E-state index contributed by atoms with van der Waals surface area (Å²) in [4.78, 5) is 0. The third-order valence-corrected chi connectivity index (χ3v) is 1.88. The predicted octanol–water partition coefficient (Wildman–Crippen LogP) is -1.82. The Kier molecular flexibility index (Phi) is 3.99. The van der Waals surface area contributed by atoms with E-state index in [0.29, 0.717) is 0 Å². The minimum absolute atomic E-state index is 0. The second-order valence-corrected chi connectivity index (χ2v) is 2.81. The molecule has 15 heavy (non-hydrogen) atoms. The second kappa shape index (κ2) is 4.54. The molecule has 0 spiro atoms. The van der Waals surface area contributed by atoms with Gasteiger partial charge in [-0.3, -0.25) is 0 Å². The molecule has 1 N–H and O–H groups in total. The molecule has 0 radical (unpaired) electrons. The van der Waals surface area contributed by atoms with Gasteiger partial charge in [-0.2, -0.15) is 0 Å². The molecule has 0 aliphatic carbocycles. The molecule has 3 nitrogen and oxygen atoms in total. The van der Waals surface area contributed by atoms with Crippen LogP contribution in [0.1, 0.15) is 0 Å². The summed E-state index contributed by atoms with van der Waals surface area (Å²) in [5, 5.41) is 9.07. The molecule has 1 aromatic carbocycles. The Morgan fingerprint density at radius 2 is 1.87 bits per heavy atom. The molecule has 0 atom stereocenters. The number of benzene rings is 1. The van der Waals surface area contributed by atoms with Crippen molar-refractivity contribution in [3.05, 3.63) is 12.1 Å². The average molecular weight is 244 g/mol. The molecule has 76 valence electrons. The van der Waals surface area contributed by atoms with Crippen molar-refractivity contribution in [1.82, 2.24) is 0 Å². The van der Waals surface area contributed by atoms with Gasteiger partial charge >= 0.3 is 58.4 Å². The van der Waals surface area contributed by atoms with E-state index in [-0.39, 0.29) is 63.9 Å². The summed E-state index contributed by atoms with van der Waals surface area (Å²) in [6.45, 7) is -5.55. The molecule has 1 aliphatic heterocycles. The fourth-order valence-electron chi connectivity index (χ4n) is 1.30. The first-order valence-corrected chi connectivity index (χ1v) is 3.81. The Bertz CT molecular complexity index is 382. The number of hydrogen-bond acceptors (Lipinski definition) is 3. The first-order valence-electron chi connectivity index (χ1n) is 3.81. The molecule has 0 fully saturated rings. The molecule has 0 bridgehead atoms. The van der Waals surface area contributed by atoms with E-state index in [1.807, 2.05) is 0 Å². The van der Waals surface area contributed by atoms with Crippen LogP contribution in [0.5, 0.6) is 17.2 Å². The number of ether oxygens (including phenoxy) is 2. The van der Waals surface area contributed by atoms with Gasteiger partial charge < -0.3 is 27.5 Å². The van der Waals surface area contributed by atoms with Crippen molar-refractivity contribution < 1.29 is 78.9 Å². The first kappa shape index (κ1) is 13.2. The zero-order chi connectivity index (χ0) is 10.3. The van der Waals surface area contributed by atoms with Crippen molar-refractivity contribution in [3.8, 4) is 17.2 Å². The molecule has 1 heterocycles. The van der Waals surface area contributed by atoms with Crippen LogP contribution in [0.15, 0.2) is 12.1 Å². The quantitative estimate of drug-likeness (QED) is 0.591. The Balaban J connectivity index is 0.00000112. The molecule has 0 amide bonds. The van der Waals surface area contributed by atoms with Gasteiger partial charge in [0.2, 0.25) is 6.79 Å². The van der Waals surface area contributed by atoms with E-state index < -0.39 is 23.9 Å². The maximum Gasteiger partial charge on any atom is 1.00 e. The van der Waals surface area contributed by atoms with Gasteiger partial charge in [0.25, 0.3) is 0 Å². The maximum absolute atomic E-state index is 12.5. The SMILES string of the molecule is Oc1ccc2c(c1[B-](F)(F)F)OCO2.[K+]. The van der Waals surface area contributed by atoms with E-state index in [1.54, 1.807) is 0 Å². The largest absolute Gasteiger partial charge is 1.00 e. The molecule has 2 rings (SSSR count). The molecular weight excluding hydrogens is 239 g/mol. The number of aromatic hydroxyl groups is 1. The molecule has 1 aliphatic rings.